The summed E-state index contributed by atoms with van der Waals surface area (Å²) in [6, 6.07) is 0. The van der Waals surface area contributed by atoms with Crippen molar-refractivity contribution in [1.82, 2.24) is 5.32 Å². The summed E-state index contributed by atoms with van der Waals surface area (Å²) in [4.78, 5) is 10.5. The molecule has 0 bridgehead atoms. The van der Waals surface area contributed by atoms with Crippen molar-refractivity contribution < 1.29 is 9.90 Å². The second-order valence-electron chi connectivity index (χ2n) is 3.75. The Balaban J connectivity index is 2.32. The molecule has 2 N–H and O–H groups in total. The van der Waals surface area contributed by atoms with Crippen LogP contribution in [-0.4, -0.2) is 23.2 Å². The van der Waals surface area contributed by atoms with Crippen molar-refractivity contribution in [3.05, 3.63) is 12.2 Å². The van der Waals surface area contributed by atoms with Gasteiger partial charge in [-0.1, -0.05) is 13.5 Å². The first kappa shape index (κ1) is 10.3. The van der Waals surface area contributed by atoms with Crippen molar-refractivity contribution in [1.29, 1.82) is 0 Å². The van der Waals surface area contributed by atoms with Gasteiger partial charge in [0.15, 0.2) is 0 Å². The van der Waals surface area contributed by atoms with Gasteiger partial charge in [-0.05, 0) is 25.7 Å². The molecule has 1 rings (SSSR count). The van der Waals surface area contributed by atoms with Gasteiger partial charge in [0.1, 0.15) is 0 Å². The molecule has 0 aromatic carbocycles. The Labute approximate surface area is 78.8 Å². The number of carbonyl (C=O) groups is 1. The Hall–Kier alpha value is -0.830. The van der Waals surface area contributed by atoms with E-state index < -0.39 is 5.97 Å². The van der Waals surface area contributed by atoms with Crippen LogP contribution in [0.25, 0.3) is 0 Å². The van der Waals surface area contributed by atoms with Crippen LogP contribution in [0.3, 0.4) is 0 Å². The molecule has 3 nitrogen and oxygen atoms in total. The smallest absolute Gasteiger partial charge is 0.332 e. The van der Waals surface area contributed by atoms with Crippen LogP contribution in [0.4, 0.5) is 0 Å². The molecular weight excluding hydrogens is 166 g/mol. The summed E-state index contributed by atoms with van der Waals surface area (Å²) in [6.07, 6.45) is 4.65. The molecule has 0 saturated heterocycles. The quantitative estimate of drug-likeness (QED) is 0.636. The zero-order valence-corrected chi connectivity index (χ0v) is 8.10. The summed E-state index contributed by atoms with van der Waals surface area (Å²) < 4.78 is 0. The largest absolute Gasteiger partial charge is 0.478 e. The molecule has 1 fully saturated rings. The van der Waals surface area contributed by atoms with Gasteiger partial charge in [-0.25, -0.2) is 4.79 Å². The number of rotatable bonds is 5. The third-order valence-corrected chi connectivity index (χ3v) is 2.97. The molecule has 0 spiro atoms. The van der Waals surface area contributed by atoms with E-state index in [4.69, 9.17) is 5.11 Å². The molecule has 74 valence electrons. The summed E-state index contributed by atoms with van der Waals surface area (Å²) in [6.45, 7) is 6.03. The first-order valence-corrected chi connectivity index (χ1v) is 4.76. The van der Waals surface area contributed by atoms with Crippen molar-refractivity contribution in [2.45, 2.75) is 38.1 Å². The Morgan fingerprint density at radius 2 is 2.23 bits per heavy atom. The van der Waals surface area contributed by atoms with Crippen molar-refractivity contribution in [2.24, 2.45) is 0 Å². The van der Waals surface area contributed by atoms with Crippen LogP contribution in [0.5, 0.6) is 0 Å². The van der Waals surface area contributed by atoms with Gasteiger partial charge < -0.3 is 10.4 Å². The Morgan fingerprint density at radius 1 is 1.62 bits per heavy atom. The summed E-state index contributed by atoms with van der Waals surface area (Å²) >= 11 is 0. The molecule has 0 amide bonds. The van der Waals surface area contributed by atoms with E-state index in [2.05, 4.69) is 18.8 Å². The summed E-state index contributed by atoms with van der Waals surface area (Å²) in [5.74, 6) is -0.905. The fraction of sp³-hybridized carbons (Fsp3) is 0.700. The van der Waals surface area contributed by atoms with E-state index in [-0.39, 0.29) is 11.1 Å². The SMILES string of the molecule is C=C(CNC1(CC)CCC1)C(=O)O. The average molecular weight is 183 g/mol. The second-order valence-corrected chi connectivity index (χ2v) is 3.75. The van der Waals surface area contributed by atoms with Gasteiger partial charge >= 0.3 is 5.97 Å². The van der Waals surface area contributed by atoms with E-state index in [1.54, 1.807) is 0 Å². The number of hydrogen-bond donors (Lipinski definition) is 2. The Morgan fingerprint density at radius 3 is 2.54 bits per heavy atom. The third kappa shape index (κ3) is 2.31. The first-order chi connectivity index (χ1) is 6.09. The number of carboxylic acids is 1. The van der Waals surface area contributed by atoms with Crippen LogP contribution in [0.1, 0.15) is 32.6 Å². The lowest BCUT2D eigenvalue weighted by Crippen LogP contribution is -2.51. The van der Waals surface area contributed by atoms with Gasteiger partial charge in [0.25, 0.3) is 0 Å². The van der Waals surface area contributed by atoms with E-state index in [1.807, 2.05) is 0 Å². The predicted molar refractivity (Wildman–Crippen MR) is 51.7 cm³/mol. The monoisotopic (exact) mass is 183 g/mol. The van der Waals surface area contributed by atoms with Crippen molar-refractivity contribution in [3.63, 3.8) is 0 Å². The lowest BCUT2D eigenvalue weighted by molar-refractivity contribution is -0.132. The Kier molecular flexibility index (Phi) is 3.09. The zero-order valence-electron chi connectivity index (χ0n) is 8.10. The maximum Gasteiger partial charge on any atom is 0.332 e. The van der Waals surface area contributed by atoms with E-state index in [0.717, 1.165) is 19.3 Å². The molecule has 3 heteroatoms. The molecule has 1 aliphatic carbocycles. The highest BCUT2D eigenvalue weighted by Crippen LogP contribution is 2.34. The van der Waals surface area contributed by atoms with E-state index in [1.165, 1.54) is 6.42 Å². The summed E-state index contributed by atoms with van der Waals surface area (Å²) in [5.41, 5.74) is 0.456. The number of hydrogen-bond acceptors (Lipinski definition) is 2. The van der Waals surface area contributed by atoms with Crippen LogP contribution < -0.4 is 5.32 Å². The lowest BCUT2D eigenvalue weighted by Gasteiger charge is -2.42. The van der Waals surface area contributed by atoms with Gasteiger partial charge in [0, 0.05) is 17.7 Å². The van der Waals surface area contributed by atoms with Gasteiger partial charge in [-0.2, -0.15) is 0 Å². The van der Waals surface area contributed by atoms with Gasteiger partial charge in [-0.3, -0.25) is 0 Å². The number of nitrogens with one attached hydrogen (secondary N) is 1. The molecular formula is C10H17NO2. The van der Waals surface area contributed by atoms with E-state index in [9.17, 15) is 4.79 Å². The lowest BCUT2D eigenvalue weighted by atomic mass is 9.75. The number of carboxylic acid groups (broad SMARTS) is 1. The normalized spacial score (nSPS) is 19.2. The maximum absolute atomic E-state index is 10.5. The molecule has 0 atom stereocenters. The molecule has 1 saturated carbocycles. The molecule has 0 unspecified atom stereocenters. The fourth-order valence-electron chi connectivity index (χ4n) is 1.63. The topological polar surface area (TPSA) is 49.3 Å². The molecule has 0 radical (unpaired) electrons. The van der Waals surface area contributed by atoms with E-state index >= 15 is 0 Å². The predicted octanol–water partition coefficient (Wildman–Crippen LogP) is 1.55. The molecule has 0 aromatic heterocycles. The molecule has 0 aliphatic heterocycles. The van der Waals surface area contributed by atoms with Crippen molar-refractivity contribution >= 4 is 5.97 Å². The first-order valence-electron chi connectivity index (χ1n) is 4.76. The van der Waals surface area contributed by atoms with Crippen LogP contribution in [0.15, 0.2) is 12.2 Å². The minimum absolute atomic E-state index is 0.207. The van der Waals surface area contributed by atoms with Crippen molar-refractivity contribution in [3.8, 4) is 0 Å². The van der Waals surface area contributed by atoms with Crippen LogP contribution >= 0.6 is 0 Å². The van der Waals surface area contributed by atoms with Crippen LogP contribution in [0, 0.1) is 0 Å². The van der Waals surface area contributed by atoms with Crippen molar-refractivity contribution in [2.75, 3.05) is 6.54 Å². The highest BCUT2D eigenvalue weighted by Gasteiger charge is 2.34. The standard InChI is InChI=1S/C10H17NO2/c1-3-10(5-4-6-10)11-7-8(2)9(12)13/h11H,2-7H2,1H3,(H,12,13). The molecule has 13 heavy (non-hydrogen) atoms. The average Bonchev–Trinajstić information content (AvgIpc) is 2.02. The minimum Gasteiger partial charge on any atom is -0.478 e. The molecule has 1 aliphatic rings. The fourth-order valence-corrected chi connectivity index (χ4v) is 1.63. The van der Waals surface area contributed by atoms with Crippen LogP contribution in [-0.2, 0) is 4.79 Å². The highest BCUT2D eigenvalue weighted by molar-refractivity contribution is 5.86. The van der Waals surface area contributed by atoms with E-state index in [0.29, 0.717) is 6.54 Å². The maximum atomic E-state index is 10.5. The number of aliphatic carboxylic acids is 1. The van der Waals surface area contributed by atoms with Crippen LogP contribution in [0.2, 0.25) is 0 Å². The van der Waals surface area contributed by atoms with Gasteiger partial charge in [0.05, 0.1) is 0 Å². The minimum atomic E-state index is -0.905. The Bertz CT molecular complexity index is 213. The van der Waals surface area contributed by atoms with Gasteiger partial charge in [-0.15, -0.1) is 0 Å². The highest BCUT2D eigenvalue weighted by atomic mass is 16.4. The molecule has 0 aromatic rings. The molecule has 0 heterocycles. The summed E-state index contributed by atoms with van der Waals surface area (Å²) in [5, 5.41) is 11.9. The second kappa shape index (κ2) is 3.92. The zero-order chi connectivity index (χ0) is 9.90. The van der Waals surface area contributed by atoms with Gasteiger partial charge in [0.2, 0.25) is 0 Å². The third-order valence-electron chi connectivity index (χ3n) is 2.97. The summed E-state index contributed by atoms with van der Waals surface area (Å²) in [7, 11) is 0.